The van der Waals surface area contributed by atoms with Crippen LogP contribution in [-0.2, 0) is 9.53 Å². The molecular formula is C13H14N2O3. The van der Waals surface area contributed by atoms with Crippen molar-refractivity contribution in [2.45, 2.75) is 19.9 Å². The van der Waals surface area contributed by atoms with Crippen molar-refractivity contribution in [1.29, 1.82) is 5.26 Å². The first-order chi connectivity index (χ1) is 8.52. The molecule has 5 heteroatoms. The number of esters is 1. The third-order valence-electron chi connectivity index (χ3n) is 2.03. The van der Waals surface area contributed by atoms with Gasteiger partial charge < -0.3 is 10.1 Å². The number of carbonyl (C=O) groups is 2. The van der Waals surface area contributed by atoms with E-state index in [1.807, 2.05) is 19.9 Å². The molecule has 0 fully saturated rings. The van der Waals surface area contributed by atoms with E-state index in [0.717, 1.165) is 0 Å². The summed E-state index contributed by atoms with van der Waals surface area (Å²) < 4.78 is 4.83. The minimum atomic E-state index is -0.585. The fourth-order valence-electron chi connectivity index (χ4n) is 1.26. The Morgan fingerprint density at radius 1 is 1.33 bits per heavy atom. The summed E-state index contributed by atoms with van der Waals surface area (Å²) >= 11 is 0. The molecule has 1 N–H and O–H groups in total. The summed E-state index contributed by atoms with van der Waals surface area (Å²) in [5.74, 6) is -0.926. The topological polar surface area (TPSA) is 79.2 Å². The molecule has 0 aliphatic carbocycles. The number of benzene rings is 1. The minimum absolute atomic E-state index is 0.00566. The van der Waals surface area contributed by atoms with Crippen LogP contribution in [0.5, 0.6) is 0 Å². The summed E-state index contributed by atoms with van der Waals surface area (Å²) in [6.45, 7) is 3.33. The molecule has 0 saturated carbocycles. The Hall–Kier alpha value is -2.35. The molecule has 0 radical (unpaired) electrons. The lowest BCUT2D eigenvalue weighted by Gasteiger charge is -2.08. The van der Waals surface area contributed by atoms with E-state index in [1.54, 1.807) is 0 Å². The van der Waals surface area contributed by atoms with Crippen LogP contribution in [0, 0.1) is 11.3 Å². The van der Waals surface area contributed by atoms with Crippen LogP contribution in [0.15, 0.2) is 24.3 Å². The number of hydrogen-bond donors (Lipinski definition) is 1. The normalized spacial score (nSPS) is 9.67. The first kappa shape index (κ1) is 13.7. The van der Waals surface area contributed by atoms with E-state index >= 15 is 0 Å². The molecule has 0 unspecified atom stereocenters. The monoisotopic (exact) mass is 246 g/mol. The molecule has 5 nitrogen and oxygen atoms in total. The Labute approximate surface area is 105 Å². The van der Waals surface area contributed by atoms with Gasteiger partial charge in [0.2, 0.25) is 0 Å². The van der Waals surface area contributed by atoms with E-state index in [-0.39, 0.29) is 18.6 Å². The van der Waals surface area contributed by atoms with Gasteiger partial charge in [-0.05, 0) is 38.1 Å². The van der Waals surface area contributed by atoms with E-state index in [4.69, 9.17) is 10.00 Å². The smallest absolute Gasteiger partial charge is 0.338 e. The average Bonchev–Trinajstić information content (AvgIpc) is 2.35. The van der Waals surface area contributed by atoms with Crippen LogP contribution in [0.3, 0.4) is 0 Å². The number of nitriles is 1. The predicted molar refractivity (Wildman–Crippen MR) is 64.7 cm³/mol. The van der Waals surface area contributed by atoms with E-state index in [1.165, 1.54) is 24.3 Å². The molecule has 1 aromatic rings. The van der Waals surface area contributed by atoms with Crippen LogP contribution in [0.25, 0.3) is 0 Å². The van der Waals surface area contributed by atoms with Crippen molar-refractivity contribution in [3.05, 3.63) is 35.4 Å². The number of hydrogen-bond acceptors (Lipinski definition) is 4. The molecule has 0 aliphatic rings. The Bertz CT molecular complexity index is 472. The van der Waals surface area contributed by atoms with Crippen LogP contribution in [0.1, 0.15) is 29.8 Å². The van der Waals surface area contributed by atoms with Gasteiger partial charge in [-0.25, -0.2) is 4.79 Å². The van der Waals surface area contributed by atoms with Gasteiger partial charge in [-0.3, -0.25) is 4.79 Å². The lowest BCUT2D eigenvalue weighted by molar-refractivity contribution is -0.124. The van der Waals surface area contributed by atoms with Gasteiger partial charge in [0.25, 0.3) is 5.91 Å². The molecule has 0 bridgehead atoms. The third kappa shape index (κ3) is 4.26. The number of ether oxygens (including phenoxy) is 1. The molecule has 0 aromatic heterocycles. The zero-order chi connectivity index (χ0) is 13.5. The summed E-state index contributed by atoms with van der Waals surface area (Å²) in [6, 6.07) is 7.97. The fourth-order valence-corrected chi connectivity index (χ4v) is 1.26. The second kappa shape index (κ2) is 6.40. The number of amides is 1. The number of nitrogens with one attached hydrogen (secondary N) is 1. The summed E-state index contributed by atoms with van der Waals surface area (Å²) in [5.41, 5.74) is 0.774. The first-order valence-corrected chi connectivity index (χ1v) is 5.49. The molecule has 0 saturated heterocycles. The first-order valence-electron chi connectivity index (χ1n) is 5.49. The van der Waals surface area contributed by atoms with Gasteiger partial charge in [-0.15, -0.1) is 0 Å². The molecular weight excluding hydrogens is 232 g/mol. The fraction of sp³-hybridized carbons (Fsp3) is 0.308. The molecule has 0 heterocycles. The van der Waals surface area contributed by atoms with Crippen molar-refractivity contribution in [3.8, 4) is 6.07 Å². The maximum Gasteiger partial charge on any atom is 0.338 e. The van der Waals surface area contributed by atoms with Crippen molar-refractivity contribution in [3.63, 3.8) is 0 Å². The summed E-state index contributed by atoms with van der Waals surface area (Å²) in [7, 11) is 0. The maximum absolute atomic E-state index is 11.5. The van der Waals surface area contributed by atoms with Crippen molar-refractivity contribution < 1.29 is 14.3 Å². The Kier molecular flexibility index (Phi) is 4.88. The second-order valence-corrected chi connectivity index (χ2v) is 3.99. The van der Waals surface area contributed by atoms with Crippen molar-refractivity contribution in [1.82, 2.24) is 5.32 Å². The number of carbonyl (C=O) groups excluding carboxylic acids is 2. The predicted octanol–water partition coefficient (Wildman–Crippen LogP) is 1.24. The van der Waals surface area contributed by atoms with Crippen LogP contribution in [-0.4, -0.2) is 24.5 Å². The lowest BCUT2D eigenvalue weighted by Crippen LogP contribution is -2.33. The summed E-state index contributed by atoms with van der Waals surface area (Å²) in [5, 5.41) is 11.2. The van der Waals surface area contributed by atoms with Gasteiger partial charge >= 0.3 is 5.97 Å². The highest BCUT2D eigenvalue weighted by atomic mass is 16.5. The van der Waals surface area contributed by atoms with E-state index < -0.39 is 5.97 Å². The largest absolute Gasteiger partial charge is 0.452 e. The second-order valence-electron chi connectivity index (χ2n) is 3.99. The highest BCUT2D eigenvalue weighted by molar-refractivity contribution is 5.91. The van der Waals surface area contributed by atoms with Crippen molar-refractivity contribution >= 4 is 11.9 Å². The Balaban J connectivity index is 2.50. The van der Waals surface area contributed by atoms with Gasteiger partial charge in [-0.1, -0.05) is 0 Å². The maximum atomic E-state index is 11.5. The standard InChI is InChI=1S/C13H14N2O3/c1-9(2)15-12(16)8-18-13(17)11-5-3-10(7-14)4-6-11/h3-6,9H,8H2,1-2H3,(H,15,16). The average molecular weight is 246 g/mol. The van der Waals surface area contributed by atoms with Crippen LogP contribution in [0.2, 0.25) is 0 Å². The van der Waals surface area contributed by atoms with Gasteiger partial charge in [0.15, 0.2) is 6.61 Å². The molecule has 0 atom stereocenters. The van der Waals surface area contributed by atoms with Crippen LogP contribution < -0.4 is 5.32 Å². The molecule has 1 rings (SSSR count). The molecule has 18 heavy (non-hydrogen) atoms. The molecule has 0 spiro atoms. The minimum Gasteiger partial charge on any atom is -0.452 e. The van der Waals surface area contributed by atoms with Gasteiger partial charge in [-0.2, -0.15) is 5.26 Å². The number of rotatable bonds is 4. The highest BCUT2D eigenvalue weighted by Crippen LogP contribution is 2.04. The van der Waals surface area contributed by atoms with Gasteiger partial charge in [0, 0.05) is 6.04 Å². The summed E-state index contributed by atoms with van der Waals surface area (Å²) in [6.07, 6.45) is 0. The Morgan fingerprint density at radius 2 is 1.94 bits per heavy atom. The zero-order valence-corrected chi connectivity index (χ0v) is 10.3. The third-order valence-corrected chi connectivity index (χ3v) is 2.03. The molecule has 1 amide bonds. The summed E-state index contributed by atoms with van der Waals surface area (Å²) in [4.78, 5) is 22.8. The van der Waals surface area contributed by atoms with Gasteiger partial charge in [0.1, 0.15) is 0 Å². The van der Waals surface area contributed by atoms with Crippen LogP contribution in [0.4, 0.5) is 0 Å². The molecule has 1 aromatic carbocycles. The number of nitrogens with zero attached hydrogens (tertiary/aromatic N) is 1. The highest BCUT2D eigenvalue weighted by Gasteiger charge is 2.10. The Morgan fingerprint density at radius 3 is 2.44 bits per heavy atom. The van der Waals surface area contributed by atoms with Crippen molar-refractivity contribution in [2.24, 2.45) is 0 Å². The van der Waals surface area contributed by atoms with Crippen LogP contribution >= 0.6 is 0 Å². The lowest BCUT2D eigenvalue weighted by atomic mass is 10.1. The SMILES string of the molecule is CC(C)NC(=O)COC(=O)c1ccc(C#N)cc1. The molecule has 0 aliphatic heterocycles. The quantitative estimate of drug-likeness (QED) is 0.810. The molecule has 94 valence electrons. The van der Waals surface area contributed by atoms with E-state index in [2.05, 4.69) is 5.32 Å². The zero-order valence-electron chi connectivity index (χ0n) is 10.3. The van der Waals surface area contributed by atoms with E-state index in [9.17, 15) is 9.59 Å². The van der Waals surface area contributed by atoms with Gasteiger partial charge in [0.05, 0.1) is 17.2 Å². The van der Waals surface area contributed by atoms with E-state index in [0.29, 0.717) is 11.1 Å². The van der Waals surface area contributed by atoms with Crippen molar-refractivity contribution in [2.75, 3.05) is 6.61 Å².